The highest BCUT2D eigenvalue weighted by molar-refractivity contribution is 9.10. The minimum Gasteiger partial charge on any atom is -0.354 e. The van der Waals surface area contributed by atoms with Gasteiger partial charge in [0.1, 0.15) is 0 Å². The number of rotatable bonds is 6. The van der Waals surface area contributed by atoms with E-state index in [1.165, 1.54) is 0 Å². The predicted octanol–water partition coefficient (Wildman–Crippen LogP) is 1.55. The van der Waals surface area contributed by atoms with Crippen molar-refractivity contribution in [1.82, 2.24) is 15.5 Å². The summed E-state index contributed by atoms with van der Waals surface area (Å²) in [4.78, 5) is 37.7. The van der Waals surface area contributed by atoms with Crippen molar-refractivity contribution in [2.45, 2.75) is 26.3 Å². The van der Waals surface area contributed by atoms with Gasteiger partial charge in [-0.15, -0.1) is 0 Å². The van der Waals surface area contributed by atoms with Crippen LogP contribution in [-0.4, -0.2) is 48.3 Å². The van der Waals surface area contributed by atoms with Gasteiger partial charge in [0, 0.05) is 36.6 Å². The third-order valence-electron chi connectivity index (χ3n) is 3.98. The van der Waals surface area contributed by atoms with Gasteiger partial charge < -0.3 is 15.5 Å². The molecular weight excluding hydrogens is 374 g/mol. The maximum atomic E-state index is 12.1. The topological polar surface area (TPSA) is 78.5 Å². The van der Waals surface area contributed by atoms with Crippen molar-refractivity contribution in [2.75, 3.05) is 19.6 Å². The van der Waals surface area contributed by atoms with E-state index >= 15 is 0 Å². The number of halogens is 1. The van der Waals surface area contributed by atoms with Gasteiger partial charge in [0.05, 0.1) is 11.5 Å². The minimum absolute atomic E-state index is 0.0207. The van der Waals surface area contributed by atoms with Crippen molar-refractivity contribution in [1.29, 1.82) is 0 Å². The summed E-state index contributed by atoms with van der Waals surface area (Å²) in [5, 5.41) is 5.54. The first-order valence-corrected chi connectivity index (χ1v) is 8.79. The van der Waals surface area contributed by atoms with Gasteiger partial charge in [-0.1, -0.05) is 12.1 Å². The molecule has 1 aromatic carbocycles. The number of carbonyl (C=O) groups excluding carboxylic acids is 3. The number of likely N-dealkylation sites (tertiary alicyclic amines) is 1. The standard InChI is InChI=1S/C17H22BrN3O3/c1-11(2)21-10-12(9-15(21)22)16(23)19-7-8-20-17(24)13-5-3-4-6-14(13)18/h3-6,11-12H,7-10H2,1-2H3,(H,19,23)(H,20,24). The van der Waals surface area contributed by atoms with E-state index in [-0.39, 0.29) is 36.1 Å². The highest BCUT2D eigenvalue weighted by atomic mass is 79.9. The molecule has 1 heterocycles. The maximum Gasteiger partial charge on any atom is 0.252 e. The molecule has 1 unspecified atom stereocenters. The van der Waals surface area contributed by atoms with Gasteiger partial charge in [-0.2, -0.15) is 0 Å². The van der Waals surface area contributed by atoms with Crippen molar-refractivity contribution >= 4 is 33.7 Å². The lowest BCUT2D eigenvalue weighted by molar-refractivity contribution is -0.129. The van der Waals surface area contributed by atoms with Crippen molar-refractivity contribution < 1.29 is 14.4 Å². The predicted molar refractivity (Wildman–Crippen MR) is 94.4 cm³/mol. The first kappa shape index (κ1) is 18.4. The van der Waals surface area contributed by atoms with Gasteiger partial charge in [0.15, 0.2) is 0 Å². The Morgan fingerprint density at radius 1 is 1.25 bits per heavy atom. The quantitative estimate of drug-likeness (QED) is 0.717. The summed E-state index contributed by atoms with van der Waals surface area (Å²) in [7, 11) is 0. The molecule has 0 bridgehead atoms. The van der Waals surface area contributed by atoms with E-state index < -0.39 is 0 Å². The summed E-state index contributed by atoms with van der Waals surface area (Å²) >= 11 is 3.33. The van der Waals surface area contributed by atoms with Gasteiger partial charge in [0.2, 0.25) is 11.8 Å². The summed E-state index contributed by atoms with van der Waals surface area (Å²) in [5.74, 6) is -0.619. The first-order valence-electron chi connectivity index (χ1n) is 8.00. The molecule has 1 aliphatic rings. The Hall–Kier alpha value is -1.89. The Morgan fingerprint density at radius 3 is 2.54 bits per heavy atom. The third kappa shape index (κ3) is 4.56. The molecule has 3 amide bonds. The van der Waals surface area contributed by atoms with E-state index in [9.17, 15) is 14.4 Å². The van der Waals surface area contributed by atoms with Crippen LogP contribution in [0.25, 0.3) is 0 Å². The molecule has 7 heteroatoms. The van der Waals surface area contributed by atoms with Crippen LogP contribution in [0.2, 0.25) is 0 Å². The lowest BCUT2D eigenvalue weighted by Gasteiger charge is -2.20. The van der Waals surface area contributed by atoms with Crippen LogP contribution in [0.5, 0.6) is 0 Å². The third-order valence-corrected chi connectivity index (χ3v) is 4.67. The summed E-state index contributed by atoms with van der Waals surface area (Å²) in [6, 6.07) is 7.26. The summed E-state index contributed by atoms with van der Waals surface area (Å²) in [5.41, 5.74) is 0.554. The zero-order valence-electron chi connectivity index (χ0n) is 13.8. The Morgan fingerprint density at radius 2 is 1.92 bits per heavy atom. The van der Waals surface area contributed by atoms with E-state index in [0.717, 1.165) is 4.47 Å². The molecule has 2 rings (SSSR count). The average molecular weight is 396 g/mol. The van der Waals surface area contributed by atoms with Gasteiger partial charge in [-0.3, -0.25) is 14.4 Å². The van der Waals surface area contributed by atoms with Gasteiger partial charge in [0.25, 0.3) is 5.91 Å². The molecule has 1 atom stereocenters. The van der Waals surface area contributed by atoms with Crippen LogP contribution in [0, 0.1) is 5.92 Å². The number of nitrogens with one attached hydrogen (secondary N) is 2. The highest BCUT2D eigenvalue weighted by Gasteiger charge is 2.35. The second kappa shape index (κ2) is 8.28. The Labute approximate surface area is 150 Å². The van der Waals surface area contributed by atoms with Crippen LogP contribution in [0.3, 0.4) is 0 Å². The number of benzene rings is 1. The minimum atomic E-state index is -0.307. The zero-order valence-corrected chi connectivity index (χ0v) is 15.4. The molecule has 24 heavy (non-hydrogen) atoms. The Bertz CT molecular complexity index is 633. The summed E-state index contributed by atoms with van der Waals surface area (Å²) in [6.45, 7) is 5.01. The molecule has 0 spiro atoms. The van der Waals surface area contributed by atoms with Crippen LogP contribution in [-0.2, 0) is 9.59 Å². The molecule has 0 saturated carbocycles. The van der Waals surface area contributed by atoms with Crippen LogP contribution in [0.4, 0.5) is 0 Å². The molecule has 0 radical (unpaired) electrons. The monoisotopic (exact) mass is 395 g/mol. The van der Waals surface area contributed by atoms with E-state index in [1.54, 1.807) is 23.1 Å². The molecule has 0 aliphatic carbocycles. The Balaban J connectivity index is 1.73. The van der Waals surface area contributed by atoms with Crippen LogP contribution < -0.4 is 10.6 Å². The summed E-state index contributed by atoms with van der Waals surface area (Å²) in [6.07, 6.45) is 0.257. The second-order valence-corrected chi connectivity index (χ2v) is 6.92. The molecule has 2 N–H and O–H groups in total. The van der Waals surface area contributed by atoms with Gasteiger partial charge >= 0.3 is 0 Å². The second-order valence-electron chi connectivity index (χ2n) is 6.07. The Kier molecular flexibility index (Phi) is 6.36. The number of nitrogens with zero attached hydrogens (tertiary/aromatic N) is 1. The molecule has 1 fully saturated rings. The zero-order chi connectivity index (χ0) is 17.7. The number of hydrogen-bond acceptors (Lipinski definition) is 3. The molecule has 1 aromatic rings. The first-order chi connectivity index (χ1) is 11.4. The van der Waals surface area contributed by atoms with Crippen molar-refractivity contribution in [2.24, 2.45) is 5.92 Å². The van der Waals surface area contributed by atoms with E-state index in [0.29, 0.717) is 25.2 Å². The van der Waals surface area contributed by atoms with E-state index in [1.807, 2.05) is 19.9 Å². The fourth-order valence-electron chi connectivity index (χ4n) is 2.65. The number of amides is 3. The SMILES string of the molecule is CC(C)N1CC(C(=O)NCCNC(=O)c2ccccc2Br)CC1=O. The molecule has 1 saturated heterocycles. The summed E-state index contributed by atoms with van der Waals surface area (Å²) < 4.78 is 0.727. The van der Waals surface area contributed by atoms with Crippen molar-refractivity contribution in [3.63, 3.8) is 0 Å². The fourth-order valence-corrected chi connectivity index (χ4v) is 3.12. The lowest BCUT2D eigenvalue weighted by Crippen LogP contribution is -2.39. The van der Waals surface area contributed by atoms with Crippen LogP contribution >= 0.6 is 15.9 Å². The number of carbonyl (C=O) groups is 3. The number of hydrogen-bond donors (Lipinski definition) is 2. The normalized spacial score (nSPS) is 17.2. The largest absolute Gasteiger partial charge is 0.354 e. The van der Waals surface area contributed by atoms with Gasteiger partial charge in [-0.05, 0) is 41.9 Å². The average Bonchev–Trinajstić information content (AvgIpc) is 2.94. The molecule has 6 nitrogen and oxygen atoms in total. The molecule has 0 aromatic heterocycles. The van der Waals surface area contributed by atoms with Gasteiger partial charge in [-0.25, -0.2) is 0 Å². The lowest BCUT2D eigenvalue weighted by atomic mass is 10.1. The van der Waals surface area contributed by atoms with Crippen LogP contribution in [0.1, 0.15) is 30.6 Å². The van der Waals surface area contributed by atoms with E-state index in [4.69, 9.17) is 0 Å². The maximum absolute atomic E-state index is 12.1. The van der Waals surface area contributed by atoms with Crippen molar-refractivity contribution in [3.8, 4) is 0 Å². The molecule has 130 valence electrons. The van der Waals surface area contributed by atoms with E-state index in [2.05, 4.69) is 26.6 Å². The fraction of sp³-hybridized carbons (Fsp3) is 0.471. The smallest absolute Gasteiger partial charge is 0.252 e. The molecule has 1 aliphatic heterocycles. The highest BCUT2D eigenvalue weighted by Crippen LogP contribution is 2.20. The molecular formula is C17H22BrN3O3. The van der Waals surface area contributed by atoms with Crippen molar-refractivity contribution in [3.05, 3.63) is 34.3 Å². The van der Waals surface area contributed by atoms with Crippen LogP contribution in [0.15, 0.2) is 28.7 Å².